The molecule has 0 fully saturated rings. The van der Waals surface area contributed by atoms with E-state index >= 15 is 0 Å². The zero-order valence-electron chi connectivity index (χ0n) is 20.5. The predicted molar refractivity (Wildman–Crippen MR) is 142 cm³/mol. The van der Waals surface area contributed by atoms with E-state index < -0.39 is 12.1 Å². The first-order valence-electron chi connectivity index (χ1n) is 12.0. The Balaban J connectivity index is 1.58. The number of fused-ring (bicyclic) bond motifs is 2. The van der Waals surface area contributed by atoms with Crippen LogP contribution in [0.1, 0.15) is 39.2 Å². The first-order valence-corrected chi connectivity index (χ1v) is 12.0. The Hall–Kier alpha value is -4.49. The molecule has 2 unspecified atom stereocenters. The minimum Gasteiger partial charge on any atom is -0.497 e. The van der Waals surface area contributed by atoms with Gasteiger partial charge < -0.3 is 19.6 Å². The van der Waals surface area contributed by atoms with E-state index in [9.17, 15) is 14.4 Å². The number of methoxy groups -OCH3 is 1. The van der Waals surface area contributed by atoms with Crippen molar-refractivity contribution in [1.29, 1.82) is 0 Å². The molecule has 1 heterocycles. The van der Waals surface area contributed by atoms with E-state index in [1.54, 1.807) is 60.5 Å². The summed E-state index contributed by atoms with van der Waals surface area (Å²) in [7, 11) is 1.56. The number of hydrogen-bond donors (Lipinski definition) is 1. The first-order chi connectivity index (χ1) is 18.0. The lowest BCUT2D eigenvalue weighted by atomic mass is 9.96. The van der Waals surface area contributed by atoms with Crippen LogP contribution in [-0.2, 0) is 9.53 Å². The lowest BCUT2D eigenvalue weighted by Gasteiger charge is -2.30. The quantitative estimate of drug-likeness (QED) is 0.331. The maximum atomic E-state index is 13.9. The second kappa shape index (κ2) is 10.2. The van der Waals surface area contributed by atoms with Crippen LogP contribution in [0, 0.1) is 0 Å². The largest absolute Gasteiger partial charge is 0.497 e. The zero-order chi connectivity index (χ0) is 25.9. The highest BCUT2D eigenvalue weighted by Crippen LogP contribution is 2.44. The Morgan fingerprint density at radius 3 is 2.35 bits per heavy atom. The molecule has 7 heteroatoms. The van der Waals surface area contributed by atoms with Crippen molar-refractivity contribution in [3.05, 3.63) is 102 Å². The summed E-state index contributed by atoms with van der Waals surface area (Å²) < 4.78 is 11.0. The van der Waals surface area contributed by atoms with E-state index in [1.807, 2.05) is 43.3 Å². The fraction of sp³-hybridized carbons (Fsp3) is 0.167. The van der Waals surface area contributed by atoms with Crippen molar-refractivity contribution in [2.45, 2.75) is 19.1 Å². The van der Waals surface area contributed by atoms with Crippen LogP contribution >= 0.6 is 0 Å². The molecule has 2 atom stereocenters. The number of carbonyl (C=O) groups excluding carboxylic acids is 3. The molecule has 1 aliphatic heterocycles. The summed E-state index contributed by atoms with van der Waals surface area (Å²) in [6.45, 7) is 2.11. The van der Waals surface area contributed by atoms with Gasteiger partial charge in [0, 0.05) is 17.7 Å². The highest BCUT2D eigenvalue weighted by molar-refractivity contribution is 6.16. The Kier molecular flexibility index (Phi) is 6.70. The number of aldehydes is 1. The van der Waals surface area contributed by atoms with Gasteiger partial charge in [0.1, 0.15) is 11.9 Å². The van der Waals surface area contributed by atoms with Crippen molar-refractivity contribution in [3.8, 4) is 5.75 Å². The number of benzene rings is 4. The van der Waals surface area contributed by atoms with E-state index in [1.165, 1.54) is 0 Å². The van der Waals surface area contributed by atoms with Gasteiger partial charge in [-0.05, 0) is 71.8 Å². The molecule has 0 radical (unpaired) electrons. The van der Waals surface area contributed by atoms with Crippen molar-refractivity contribution in [2.24, 2.45) is 0 Å². The maximum absolute atomic E-state index is 13.9. The molecule has 0 spiro atoms. The van der Waals surface area contributed by atoms with Crippen LogP contribution in [-0.4, -0.2) is 37.9 Å². The van der Waals surface area contributed by atoms with Gasteiger partial charge in [-0.25, -0.2) is 0 Å². The smallest absolute Gasteiger partial charge is 0.259 e. The average Bonchev–Trinajstić information content (AvgIpc) is 3.21. The predicted octanol–water partition coefficient (Wildman–Crippen LogP) is 5.41. The molecule has 7 nitrogen and oxygen atoms in total. The third-order valence-corrected chi connectivity index (χ3v) is 6.53. The number of nitrogens with one attached hydrogen (secondary N) is 1. The fourth-order valence-electron chi connectivity index (χ4n) is 4.79. The monoisotopic (exact) mass is 494 g/mol. The van der Waals surface area contributed by atoms with Crippen LogP contribution in [0.3, 0.4) is 0 Å². The lowest BCUT2D eigenvalue weighted by Crippen LogP contribution is -2.38. The molecule has 0 bridgehead atoms. The summed E-state index contributed by atoms with van der Waals surface area (Å²) in [6.07, 6.45) is -0.154. The molecular weight excluding hydrogens is 468 g/mol. The summed E-state index contributed by atoms with van der Waals surface area (Å²) >= 11 is 0. The van der Waals surface area contributed by atoms with E-state index in [0.29, 0.717) is 40.4 Å². The van der Waals surface area contributed by atoms with Crippen LogP contribution in [0.15, 0.2) is 84.9 Å². The normalized spacial score (nSPS) is 15.4. The van der Waals surface area contributed by atoms with Gasteiger partial charge in [-0.15, -0.1) is 0 Å². The summed E-state index contributed by atoms with van der Waals surface area (Å²) in [4.78, 5) is 40.7. The van der Waals surface area contributed by atoms with Crippen molar-refractivity contribution in [2.75, 3.05) is 23.9 Å². The number of amides is 2. The van der Waals surface area contributed by atoms with Crippen molar-refractivity contribution in [3.63, 3.8) is 0 Å². The fourth-order valence-corrected chi connectivity index (χ4v) is 4.79. The second-order valence-corrected chi connectivity index (χ2v) is 8.66. The molecule has 0 aromatic heterocycles. The molecule has 1 aliphatic rings. The molecule has 5 rings (SSSR count). The van der Waals surface area contributed by atoms with Crippen molar-refractivity contribution < 1.29 is 23.9 Å². The molecule has 4 aromatic rings. The third kappa shape index (κ3) is 4.45. The number of rotatable bonds is 8. The minimum atomic E-state index is -0.887. The maximum Gasteiger partial charge on any atom is 0.259 e. The molecule has 0 saturated carbocycles. The van der Waals surface area contributed by atoms with Crippen LogP contribution in [0.4, 0.5) is 11.4 Å². The Morgan fingerprint density at radius 1 is 1.00 bits per heavy atom. The summed E-state index contributed by atoms with van der Waals surface area (Å²) in [5.41, 5.74) is 2.58. The third-order valence-electron chi connectivity index (χ3n) is 6.53. The van der Waals surface area contributed by atoms with Crippen LogP contribution in [0.5, 0.6) is 5.75 Å². The van der Waals surface area contributed by atoms with Gasteiger partial charge in [-0.1, -0.05) is 36.4 Å². The van der Waals surface area contributed by atoms with E-state index in [0.717, 1.165) is 17.1 Å². The van der Waals surface area contributed by atoms with E-state index in [2.05, 4.69) is 5.32 Å². The Bertz CT molecular complexity index is 1480. The summed E-state index contributed by atoms with van der Waals surface area (Å²) in [5.74, 6) is 0.0465. The standard InChI is InChI=1S/C30H26N2O5/c1-3-37-27(18-33)28-23-16-20-8-4-5-9-21(20)17-24(23)30(35)32(28)26-11-7-6-10-25(26)31-29(34)19-12-14-22(36-2)15-13-19/h4-18,27-28H,3H2,1-2H3,(H,31,34). The lowest BCUT2D eigenvalue weighted by molar-refractivity contribution is -0.119. The highest BCUT2D eigenvalue weighted by Gasteiger charge is 2.43. The highest BCUT2D eigenvalue weighted by atomic mass is 16.5. The second-order valence-electron chi connectivity index (χ2n) is 8.66. The van der Waals surface area contributed by atoms with Crippen molar-refractivity contribution >= 4 is 40.2 Å². The first kappa shape index (κ1) is 24.2. The Labute approximate surface area is 214 Å². The topological polar surface area (TPSA) is 84.9 Å². The van der Waals surface area contributed by atoms with Gasteiger partial charge in [0.05, 0.1) is 24.5 Å². The van der Waals surface area contributed by atoms with Gasteiger partial charge in [0.15, 0.2) is 6.29 Å². The number of ether oxygens (including phenoxy) is 2. The van der Waals surface area contributed by atoms with Gasteiger partial charge in [0.25, 0.3) is 11.8 Å². The summed E-state index contributed by atoms with van der Waals surface area (Å²) in [6, 6.07) is 24.7. The van der Waals surface area contributed by atoms with Gasteiger partial charge in [0.2, 0.25) is 0 Å². The van der Waals surface area contributed by atoms with Crippen LogP contribution in [0.25, 0.3) is 10.8 Å². The van der Waals surface area contributed by atoms with E-state index in [-0.39, 0.29) is 11.8 Å². The number of hydrogen-bond acceptors (Lipinski definition) is 5. The molecule has 4 aromatic carbocycles. The molecule has 37 heavy (non-hydrogen) atoms. The molecule has 1 N–H and O–H groups in total. The van der Waals surface area contributed by atoms with Gasteiger partial charge in [-0.2, -0.15) is 0 Å². The number of anilines is 2. The van der Waals surface area contributed by atoms with Crippen LogP contribution < -0.4 is 15.0 Å². The van der Waals surface area contributed by atoms with E-state index in [4.69, 9.17) is 9.47 Å². The van der Waals surface area contributed by atoms with Gasteiger partial charge >= 0.3 is 0 Å². The summed E-state index contributed by atoms with van der Waals surface area (Å²) in [5, 5.41) is 4.82. The number of para-hydroxylation sites is 2. The molecule has 0 saturated heterocycles. The average molecular weight is 495 g/mol. The van der Waals surface area contributed by atoms with Crippen LogP contribution in [0.2, 0.25) is 0 Å². The molecular formula is C30H26N2O5. The number of carbonyl (C=O) groups is 3. The number of nitrogens with zero attached hydrogens (tertiary/aromatic N) is 1. The Morgan fingerprint density at radius 2 is 1.68 bits per heavy atom. The SMILES string of the molecule is CCOC(C=O)C1c2cc3ccccc3cc2C(=O)N1c1ccccc1NC(=O)c1ccc(OC)cc1. The zero-order valence-corrected chi connectivity index (χ0v) is 20.5. The van der Waals surface area contributed by atoms with Crippen molar-refractivity contribution in [1.82, 2.24) is 0 Å². The molecule has 2 amide bonds. The minimum absolute atomic E-state index is 0.261. The molecule has 186 valence electrons. The molecule has 0 aliphatic carbocycles. The van der Waals surface area contributed by atoms with Gasteiger partial charge in [-0.3, -0.25) is 14.5 Å².